The number of Topliss-reactive ketones (excluding diaryl/α,β-unsaturated/α-hetero) is 1. The molecule has 64 valence electrons. The first-order chi connectivity index (χ1) is 5.52. The molecule has 0 amide bonds. The molecule has 0 radical (unpaired) electrons. The van der Waals surface area contributed by atoms with Gasteiger partial charge in [-0.05, 0) is 22.9 Å². The summed E-state index contributed by atoms with van der Waals surface area (Å²) in [5.74, 6) is -0.159. The van der Waals surface area contributed by atoms with E-state index in [1.54, 1.807) is 0 Å². The molecule has 0 aromatic carbocycles. The van der Waals surface area contributed by atoms with Crippen molar-refractivity contribution in [3.63, 3.8) is 0 Å². The number of hydrogen-bond acceptors (Lipinski definition) is 4. The van der Waals surface area contributed by atoms with Crippen LogP contribution in [-0.4, -0.2) is 10.7 Å². The van der Waals surface area contributed by atoms with Gasteiger partial charge < -0.3 is 0 Å². The van der Waals surface area contributed by atoms with E-state index in [2.05, 4.69) is 15.9 Å². The summed E-state index contributed by atoms with van der Waals surface area (Å²) >= 11 is 4.09. The summed E-state index contributed by atoms with van der Waals surface area (Å²) in [4.78, 5) is 21.0. The van der Waals surface area contributed by atoms with Crippen molar-refractivity contribution in [3.8, 4) is 0 Å². The maximum absolute atomic E-state index is 10.8. The predicted molar refractivity (Wildman–Crippen MR) is 48.7 cm³/mol. The molecular weight excluding hydrogens is 246 g/mol. The van der Waals surface area contributed by atoms with Crippen LogP contribution >= 0.6 is 27.3 Å². The highest BCUT2D eigenvalue weighted by molar-refractivity contribution is 9.11. The number of thiophene rings is 1. The lowest BCUT2D eigenvalue weighted by Crippen LogP contribution is -1.87. The van der Waals surface area contributed by atoms with E-state index in [-0.39, 0.29) is 11.5 Å². The predicted octanol–water partition coefficient (Wildman–Crippen LogP) is 2.62. The summed E-state index contributed by atoms with van der Waals surface area (Å²) in [6, 6.07) is 1.27. The van der Waals surface area contributed by atoms with Gasteiger partial charge in [-0.15, -0.1) is 11.3 Å². The van der Waals surface area contributed by atoms with E-state index in [0.717, 1.165) is 11.3 Å². The fraction of sp³-hybridized carbons (Fsp3) is 0.167. The first-order valence-electron chi connectivity index (χ1n) is 2.97. The van der Waals surface area contributed by atoms with E-state index in [0.29, 0.717) is 8.66 Å². The summed E-state index contributed by atoms with van der Waals surface area (Å²) in [5.41, 5.74) is -0.0507. The maximum atomic E-state index is 10.8. The van der Waals surface area contributed by atoms with Crippen LogP contribution in [0, 0.1) is 10.1 Å². The van der Waals surface area contributed by atoms with Crippen molar-refractivity contribution in [2.45, 2.75) is 6.92 Å². The molecule has 0 unspecified atom stereocenters. The molecule has 4 nitrogen and oxygen atoms in total. The van der Waals surface area contributed by atoms with E-state index in [1.165, 1.54) is 13.0 Å². The maximum Gasteiger partial charge on any atom is 0.295 e. The minimum absolute atomic E-state index is 0.0507. The molecule has 0 aliphatic carbocycles. The molecule has 0 bridgehead atoms. The van der Waals surface area contributed by atoms with E-state index in [1.807, 2.05) is 0 Å². The fourth-order valence-electron chi connectivity index (χ4n) is 0.657. The molecule has 0 spiro atoms. The van der Waals surface area contributed by atoms with E-state index in [4.69, 9.17) is 0 Å². The van der Waals surface area contributed by atoms with Crippen molar-refractivity contribution in [2.24, 2.45) is 0 Å². The summed E-state index contributed by atoms with van der Waals surface area (Å²) in [6.07, 6.45) is 0. The number of ketones is 1. The summed E-state index contributed by atoms with van der Waals surface area (Å²) in [6.45, 7) is 1.38. The Bertz CT molecular complexity index is 347. The van der Waals surface area contributed by atoms with Crippen molar-refractivity contribution in [2.75, 3.05) is 0 Å². The van der Waals surface area contributed by atoms with Crippen LogP contribution in [0.15, 0.2) is 9.85 Å². The summed E-state index contributed by atoms with van der Waals surface area (Å²) in [5, 5.41) is 10.3. The smallest absolute Gasteiger partial charge is 0.294 e. The van der Waals surface area contributed by atoms with Crippen LogP contribution in [0.2, 0.25) is 0 Å². The van der Waals surface area contributed by atoms with Crippen LogP contribution < -0.4 is 0 Å². The number of nitrogens with zero attached hydrogens (tertiary/aromatic N) is 1. The van der Waals surface area contributed by atoms with Gasteiger partial charge in [-0.25, -0.2) is 0 Å². The van der Waals surface area contributed by atoms with Gasteiger partial charge >= 0.3 is 0 Å². The second-order valence-electron chi connectivity index (χ2n) is 2.08. The highest BCUT2D eigenvalue weighted by Crippen LogP contribution is 2.34. The Morgan fingerprint density at radius 3 is 2.58 bits per heavy atom. The van der Waals surface area contributed by atoms with Gasteiger partial charge in [0, 0.05) is 6.07 Å². The molecule has 1 aromatic rings. The molecule has 0 N–H and O–H groups in total. The number of hydrogen-bond donors (Lipinski definition) is 0. The van der Waals surface area contributed by atoms with Crippen molar-refractivity contribution < 1.29 is 9.72 Å². The molecule has 12 heavy (non-hydrogen) atoms. The number of carbonyl (C=O) groups excluding carboxylic acids is 1. The van der Waals surface area contributed by atoms with Gasteiger partial charge in [-0.2, -0.15) is 0 Å². The third kappa shape index (κ3) is 1.70. The van der Waals surface area contributed by atoms with Crippen LogP contribution in [0.3, 0.4) is 0 Å². The number of carbonyl (C=O) groups is 1. The van der Waals surface area contributed by atoms with Gasteiger partial charge in [0.2, 0.25) is 0 Å². The monoisotopic (exact) mass is 249 g/mol. The van der Waals surface area contributed by atoms with Gasteiger partial charge in [-0.1, -0.05) is 0 Å². The van der Waals surface area contributed by atoms with Gasteiger partial charge in [0.25, 0.3) is 5.69 Å². The Labute approximate surface area is 80.5 Å². The lowest BCUT2D eigenvalue weighted by molar-refractivity contribution is -0.385. The highest BCUT2D eigenvalue weighted by Gasteiger charge is 2.18. The Balaban J connectivity index is 3.17. The van der Waals surface area contributed by atoms with Gasteiger partial charge in [0.1, 0.15) is 3.79 Å². The largest absolute Gasteiger partial charge is 0.295 e. The van der Waals surface area contributed by atoms with Crippen LogP contribution in [0.5, 0.6) is 0 Å². The minimum atomic E-state index is -0.521. The molecule has 6 heteroatoms. The van der Waals surface area contributed by atoms with E-state index >= 15 is 0 Å². The topological polar surface area (TPSA) is 60.2 Å². The first-order valence-corrected chi connectivity index (χ1v) is 4.58. The van der Waals surface area contributed by atoms with Gasteiger partial charge in [0.05, 0.1) is 9.80 Å². The zero-order chi connectivity index (χ0) is 9.30. The number of nitro groups is 1. The molecule has 0 saturated heterocycles. The molecule has 0 aliphatic rings. The van der Waals surface area contributed by atoms with Crippen molar-refractivity contribution >= 4 is 38.7 Å². The second-order valence-corrected chi connectivity index (χ2v) is 4.45. The SMILES string of the molecule is CC(=O)c1cc([N+](=O)[O-])c(Br)s1. The zero-order valence-electron chi connectivity index (χ0n) is 6.04. The fourth-order valence-corrected chi connectivity index (χ4v) is 2.18. The van der Waals surface area contributed by atoms with Crippen molar-refractivity contribution in [1.82, 2.24) is 0 Å². The van der Waals surface area contributed by atoms with Gasteiger partial charge in [0.15, 0.2) is 5.78 Å². The molecule has 1 rings (SSSR count). The Morgan fingerprint density at radius 1 is 1.75 bits per heavy atom. The Morgan fingerprint density at radius 2 is 2.33 bits per heavy atom. The normalized spacial score (nSPS) is 9.83. The lowest BCUT2D eigenvalue weighted by Gasteiger charge is -1.82. The third-order valence-corrected chi connectivity index (χ3v) is 3.12. The summed E-state index contributed by atoms with van der Waals surface area (Å²) in [7, 11) is 0. The molecule has 1 aromatic heterocycles. The summed E-state index contributed by atoms with van der Waals surface area (Å²) < 4.78 is 0.387. The van der Waals surface area contributed by atoms with Crippen LogP contribution in [-0.2, 0) is 0 Å². The molecule has 0 atom stereocenters. The van der Waals surface area contributed by atoms with Crippen molar-refractivity contribution in [1.29, 1.82) is 0 Å². The number of halogens is 1. The quantitative estimate of drug-likeness (QED) is 0.460. The highest BCUT2D eigenvalue weighted by atomic mass is 79.9. The lowest BCUT2D eigenvalue weighted by atomic mass is 10.3. The van der Waals surface area contributed by atoms with E-state index in [9.17, 15) is 14.9 Å². The molecule has 1 heterocycles. The van der Waals surface area contributed by atoms with Crippen LogP contribution in [0.1, 0.15) is 16.6 Å². The Hall–Kier alpha value is -0.750. The second kappa shape index (κ2) is 3.32. The molecular formula is C6H4BrNO3S. The third-order valence-electron chi connectivity index (χ3n) is 1.21. The average Bonchev–Trinajstić information content (AvgIpc) is 2.30. The van der Waals surface area contributed by atoms with Crippen molar-refractivity contribution in [3.05, 3.63) is 24.8 Å². The first kappa shape index (κ1) is 9.34. The van der Waals surface area contributed by atoms with Crippen LogP contribution in [0.25, 0.3) is 0 Å². The molecule has 0 aliphatic heterocycles. The van der Waals surface area contributed by atoms with Crippen LogP contribution in [0.4, 0.5) is 5.69 Å². The van der Waals surface area contributed by atoms with E-state index < -0.39 is 4.92 Å². The zero-order valence-corrected chi connectivity index (χ0v) is 8.44. The van der Waals surface area contributed by atoms with Gasteiger partial charge in [-0.3, -0.25) is 14.9 Å². The molecule has 0 fully saturated rings. The minimum Gasteiger partial charge on any atom is -0.294 e. The standard InChI is InChI=1S/C6H4BrNO3S/c1-3(9)5-2-4(8(10)11)6(7)12-5/h2H,1H3. The molecule has 0 saturated carbocycles. The number of rotatable bonds is 2. The average molecular weight is 250 g/mol. The Kier molecular flexibility index (Phi) is 2.58.